The second-order valence-electron chi connectivity index (χ2n) is 5.53. The van der Waals surface area contributed by atoms with Gasteiger partial charge in [0, 0.05) is 49.7 Å². The number of amides is 1. The molecule has 0 fully saturated rings. The summed E-state index contributed by atoms with van der Waals surface area (Å²) in [7, 11) is 0. The van der Waals surface area contributed by atoms with E-state index >= 15 is 0 Å². The molecule has 0 radical (unpaired) electrons. The van der Waals surface area contributed by atoms with Crippen LogP contribution in [0.1, 0.15) is 23.7 Å². The van der Waals surface area contributed by atoms with E-state index in [-0.39, 0.29) is 5.91 Å². The Morgan fingerprint density at radius 1 is 1.21 bits per heavy atom. The lowest BCUT2D eigenvalue weighted by molar-refractivity contribution is 0.0955. The number of nitrogens with zero attached hydrogens (tertiary/aromatic N) is 4. The minimum absolute atomic E-state index is 0.0939. The standard InChI is InChI=1S/C17H20N6O/c1-13-6-11-23(22-13)15-4-2-14(3-5-15)17(24)21-10-9-20-16-12-18-7-8-19-16/h2-5,7-8,12H,6,9-11H2,1H3,(H,19,20)(H,21,24). The molecule has 1 aromatic heterocycles. The van der Waals surface area contributed by atoms with Crippen molar-refractivity contribution in [3.8, 4) is 0 Å². The van der Waals surface area contributed by atoms with Crippen LogP contribution in [0.3, 0.4) is 0 Å². The molecule has 1 aromatic carbocycles. The summed E-state index contributed by atoms with van der Waals surface area (Å²) in [4.78, 5) is 20.2. The van der Waals surface area contributed by atoms with Gasteiger partial charge in [0.15, 0.2) is 0 Å². The van der Waals surface area contributed by atoms with E-state index in [2.05, 4.69) is 25.7 Å². The number of nitrogens with one attached hydrogen (secondary N) is 2. The first-order valence-electron chi connectivity index (χ1n) is 7.92. The van der Waals surface area contributed by atoms with E-state index in [0.29, 0.717) is 24.5 Å². The molecule has 1 amide bonds. The molecule has 124 valence electrons. The van der Waals surface area contributed by atoms with Crippen molar-refractivity contribution in [2.75, 3.05) is 30.0 Å². The van der Waals surface area contributed by atoms with Crippen LogP contribution in [0.5, 0.6) is 0 Å². The van der Waals surface area contributed by atoms with E-state index < -0.39 is 0 Å². The number of rotatable bonds is 6. The van der Waals surface area contributed by atoms with Gasteiger partial charge in [0.05, 0.1) is 11.9 Å². The molecule has 7 heteroatoms. The van der Waals surface area contributed by atoms with Gasteiger partial charge in [-0.15, -0.1) is 0 Å². The molecule has 0 bridgehead atoms. The van der Waals surface area contributed by atoms with Gasteiger partial charge in [0.2, 0.25) is 0 Å². The van der Waals surface area contributed by atoms with E-state index in [9.17, 15) is 4.79 Å². The van der Waals surface area contributed by atoms with E-state index in [1.54, 1.807) is 18.6 Å². The average molecular weight is 324 g/mol. The molecule has 3 rings (SSSR count). The Morgan fingerprint density at radius 3 is 2.71 bits per heavy atom. The second-order valence-corrected chi connectivity index (χ2v) is 5.53. The predicted molar refractivity (Wildman–Crippen MR) is 94.4 cm³/mol. The van der Waals surface area contributed by atoms with Gasteiger partial charge in [-0.3, -0.25) is 14.8 Å². The van der Waals surface area contributed by atoms with E-state index in [0.717, 1.165) is 24.4 Å². The quantitative estimate of drug-likeness (QED) is 0.793. The lowest BCUT2D eigenvalue weighted by atomic mass is 10.2. The van der Waals surface area contributed by atoms with Crippen molar-refractivity contribution in [1.29, 1.82) is 0 Å². The number of benzene rings is 1. The van der Waals surface area contributed by atoms with Crippen molar-refractivity contribution in [2.45, 2.75) is 13.3 Å². The van der Waals surface area contributed by atoms with Gasteiger partial charge in [0.1, 0.15) is 5.82 Å². The van der Waals surface area contributed by atoms with Crippen LogP contribution >= 0.6 is 0 Å². The molecule has 24 heavy (non-hydrogen) atoms. The highest BCUT2D eigenvalue weighted by molar-refractivity contribution is 5.94. The summed E-state index contributed by atoms with van der Waals surface area (Å²) in [6.45, 7) is 4.01. The number of carbonyl (C=O) groups is 1. The summed E-state index contributed by atoms with van der Waals surface area (Å²) in [5.41, 5.74) is 2.78. The summed E-state index contributed by atoms with van der Waals surface area (Å²) in [6, 6.07) is 7.50. The second kappa shape index (κ2) is 7.54. The number of carbonyl (C=O) groups excluding carboxylic acids is 1. The highest BCUT2D eigenvalue weighted by Crippen LogP contribution is 2.19. The molecule has 0 unspecified atom stereocenters. The average Bonchev–Trinajstić information content (AvgIpc) is 3.06. The molecule has 1 aliphatic heterocycles. The summed E-state index contributed by atoms with van der Waals surface area (Å²) in [6.07, 6.45) is 5.86. The van der Waals surface area contributed by atoms with Gasteiger partial charge in [0.25, 0.3) is 5.91 Å². The topological polar surface area (TPSA) is 82.5 Å². The zero-order valence-electron chi connectivity index (χ0n) is 13.6. The molecule has 0 saturated carbocycles. The highest BCUT2D eigenvalue weighted by atomic mass is 16.1. The fourth-order valence-electron chi connectivity index (χ4n) is 2.40. The van der Waals surface area contributed by atoms with Crippen molar-refractivity contribution in [3.63, 3.8) is 0 Å². The molecule has 0 saturated heterocycles. The molecule has 2 N–H and O–H groups in total. The van der Waals surface area contributed by atoms with Crippen LogP contribution < -0.4 is 15.6 Å². The fourth-order valence-corrected chi connectivity index (χ4v) is 2.40. The zero-order valence-corrected chi connectivity index (χ0v) is 13.6. The lowest BCUT2D eigenvalue weighted by Gasteiger charge is -2.14. The Labute approximate surface area is 140 Å². The SMILES string of the molecule is CC1=NN(c2ccc(C(=O)NCCNc3cnccn3)cc2)CC1. The Bertz CT molecular complexity index is 714. The first-order chi connectivity index (χ1) is 11.7. The monoisotopic (exact) mass is 324 g/mol. The summed E-state index contributed by atoms with van der Waals surface area (Å²) < 4.78 is 0. The largest absolute Gasteiger partial charge is 0.367 e. The van der Waals surface area contributed by atoms with E-state index in [1.807, 2.05) is 36.2 Å². The van der Waals surface area contributed by atoms with Gasteiger partial charge >= 0.3 is 0 Å². The van der Waals surface area contributed by atoms with Crippen LogP contribution in [0.4, 0.5) is 11.5 Å². The molecule has 2 heterocycles. The number of hydrazone groups is 1. The van der Waals surface area contributed by atoms with Gasteiger partial charge in [-0.1, -0.05) is 0 Å². The molecule has 2 aromatic rings. The van der Waals surface area contributed by atoms with Crippen LogP contribution in [0.25, 0.3) is 0 Å². The summed E-state index contributed by atoms with van der Waals surface area (Å²) >= 11 is 0. The summed E-state index contributed by atoms with van der Waals surface area (Å²) in [5, 5.41) is 12.4. The van der Waals surface area contributed by atoms with E-state index in [1.165, 1.54) is 0 Å². The van der Waals surface area contributed by atoms with Crippen molar-refractivity contribution >= 4 is 23.1 Å². The number of aromatic nitrogens is 2. The fraction of sp³-hybridized carbons (Fsp3) is 0.294. The first-order valence-corrected chi connectivity index (χ1v) is 7.92. The van der Waals surface area contributed by atoms with Crippen LogP contribution in [0.2, 0.25) is 0 Å². The van der Waals surface area contributed by atoms with Gasteiger partial charge in [-0.25, -0.2) is 4.98 Å². The maximum absolute atomic E-state index is 12.1. The predicted octanol–water partition coefficient (Wildman–Crippen LogP) is 1.90. The molecule has 1 aliphatic rings. The number of anilines is 2. The molecule has 0 aliphatic carbocycles. The van der Waals surface area contributed by atoms with Crippen molar-refractivity contribution < 1.29 is 4.79 Å². The van der Waals surface area contributed by atoms with Crippen LogP contribution in [-0.4, -0.2) is 41.2 Å². The summed E-state index contributed by atoms with van der Waals surface area (Å²) in [5.74, 6) is 0.598. The van der Waals surface area contributed by atoms with Crippen molar-refractivity contribution in [2.24, 2.45) is 5.10 Å². The molecular formula is C17H20N6O. The molecule has 7 nitrogen and oxygen atoms in total. The lowest BCUT2D eigenvalue weighted by Crippen LogP contribution is -2.28. The minimum atomic E-state index is -0.0939. The number of hydrogen-bond acceptors (Lipinski definition) is 6. The highest BCUT2D eigenvalue weighted by Gasteiger charge is 2.13. The number of hydrogen-bond donors (Lipinski definition) is 2. The van der Waals surface area contributed by atoms with E-state index in [4.69, 9.17) is 0 Å². The third-order valence-electron chi connectivity index (χ3n) is 3.68. The molecule has 0 spiro atoms. The third-order valence-corrected chi connectivity index (χ3v) is 3.68. The third kappa shape index (κ3) is 4.07. The maximum Gasteiger partial charge on any atom is 0.251 e. The molecule has 0 atom stereocenters. The zero-order chi connectivity index (χ0) is 16.8. The van der Waals surface area contributed by atoms with Crippen LogP contribution in [-0.2, 0) is 0 Å². The van der Waals surface area contributed by atoms with Gasteiger partial charge < -0.3 is 10.6 Å². The maximum atomic E-state index is 12.1. The Kier molecular flexibility index (Phi) is 5.00. The Balaban J connectivity index is 1.47. The van der Waals surface area contributed by atoms with Crippen LogP contribution in [0, 0.1) is 0 Å². The minimum Gasteiger partial charge on any atom is -0.367 e. The van der Waals surface area contributed by atoms with Crippen molar-refractivity contribution in [1.82, 2.24) is 15.3 Å². The Morgan fingerprint density at radius 2 is 2.04 bits per heavy atom. The first kappa shape index (κ1) is 15.9. The molecular weight excluding hydrogens is 304 g/mol. The van der Waals surface area contributed by atoms with Crippen molar-refractivity contribution in [3.05, 3.63) is 48.4 Å². The Hall–Kier alpha value is -2.96. The van der Waals surface area contributed by atoms with Crippen LogP contribution in [0.15, 0.2) is 48.0 Å². The van der Waals surface area contributed by atoms with Gasteiger partial charge in [-0.2, -0.15) is 5.10 Å². The van der Waals surface area contributed by atoms with Gasteiger partial charge in [-0.05, 0) is 31.2 Å². The smallest absolute Gasteiger partial charge is 0.251 e. The normalized spacial score (nSPS) is 13.5.